The van der Waals surface area contributed by atoms with Gasteiger partial charge in [-0.05, 0) is 13.0 Å². The van der Waals surface area contributed by atoms with E-state index in [0.717, 1.165) is 5.57 Å². The van der Waals surface area contributed by atoms with Crippen LogP contribution in [0, 0.1) is 0 Å². The Labute approximate surface area is 192 Å². The number of phenolic OH excluding ortho intramolecular Hbond substituents is 2. The molecule has 0 spiro atoms. The molecular weight excluding hydrogens is 420 g/mol. The molecule has 2 N–H and O–H groups in total. The number of benzene rings is 3. The normalized spacial score (nSPS) is 10.7. The van der Waals surface area contributed by atoms with E-state index in [2.05, 4.69) is 6.58 Å². The van der Waals surface area contributed by atoms with E-state index in [0.29, 0.717) is 17.7 Å². The van der Waals surface area contributed by atoms with Crippen molar-refractivity contribution in [2.24, 2.45) is 0 Å². The van der Waals surface area contributed by atoms with Crippen LogP contribution in [-0.2, 0) is 16.1 Å². The van der Waals surface area contributed by atoms with Crippen LogP contribution in [0.25, 0.3) is 0 Å². The quantitative estimate of drug-likeness (QED) is 0.253. The Morgan fingerprint density at radius 3 is 1.70 bits per heavy atom. The summed E-state index contributed by atoms with van der Waals surface area (Å²) in [5.74, 6) is -1.79. The minimum Gasteiger partial charge on any atom is -0.507 e. The third-order valence-corrected chi connectivity index (χ3v) is 4.90. The van der Waals surface area contributed by atoms with E-state index in [1.165, 1.54) is 6.07 Å². The van der Waals surface area contributed by atoms with Gasteiger partial charge in [0.15, 0.2) is 11.6 Å². The van der Waals surface area contributed by atoms with Gasteiger partial charge in [-0.15, -0.1) is 0 Å². The van der Waals surface area contributed by atoms with Crippen molar-refractivity contribution in [3.63, 3.8) is 0 Å². The monoisotopic (exact) mass is 446 g/mol. The molecule has 0 aliphatic heterocycles. The van der Waals surface area contributed by atoms with E-state index >= 15 is 0 Å². The third-order valence-electron chi connectivity index (χ3n) is 4.90. The summed E-state index contributed by atoms with van der Waals surface area (Å²) in [7, 11) is 0. The molecule has 0 atom stereocenters. The van der Waals surface area contributed by atoms with E-state index in [4.69, 9.17) is 9.47 Å². The second-order valence-electron chi connectivity index (χ2n) is 7.60. The average molecular weight is 446 g/mol. The lowest BCUT2D eigenvalue weighted by Crippen LogP contribution is -2.11. The molecule has 6 nitrogen and oxygen atoms in total. The van der Waals surface area contributed by atoms with Gasteiger partial charge >= 0.3 is 0 Å². The highest BCUT2D eigenvalue weighted by atomic mass is 16.5. The van der Waals surface area contributed by atoms with Crippen LogP contribution >= 0.6 is 0 Å². The summed E-state index contributed by atoms with van der Waals surface area (Å²) in [5.41, 5.74) is 1.36. The van der Waals surface area contributed by atoms with Gasteiger partial charge in [0.25, 0.3) is 0 Å². The topological polar surface area (TPSA) is 93.1 Å². The van der Waals surface area contributed by atoms with Crippen LogP contribution in [0.2, 0.25) is 0 Å². The Hall–Kier alpha value is -3.74. The van der Waals surface area contributed by atoms with Crippen LogP contribution < -0.4 is 0 Å². The summed E-state index contributed by atoms with van der Waals surface area (Å²) in [6.45, 7) is 6.26. The maximum Gasteiger partial charge on any atom is 0.196 e. The number of carbonyl (C=O) groups is 2. The van der Waals surface area contributed by atoms with Crippen molar-refractivity contribution in [1.82, 2.24) is 0 Å². The number of ether oxygens (including phenoxy) is 2. The first-order valence-corrected chi connectivity index (χ1v) is 10.5. The SMILES string of the molecule is C=C(C)COCCOCc1c(O)c(C(=O)c2ccccc2)cc(C(=O)c2ccccc2)c1O. The van der Waals surface area contributed by atoms with E-state index < -0.39 is 23.1 Å². The van der Waals surface area contributed by atoms with E-state index in [1.807, 2.05) is 6.92 Å². The maximum absolute atomic E-state index is 13.1. The van der Waals surface area contributed by atoms with Crippen molar-refractivity contribution in [2.75, 3.05) is 19.8 Å². The molecule has 3 rings (SSSR count). The molecule has 3 aromatic rings. The number of carbonyl (C=O) groups excluding carboxylic acids is 2. The molecule has 0 amide bonds. The van der Waals surface area contributed by atoms with Gasteiger partial charge in [-0.3, -0.25) is 9.59 Å². The number of ketones is 2. The fourth-order valence-electron chi connectivity index (χ4n) is 3.23. The highest BCUT2D eigenvalue weighted by molar-refractivity contribution is 6.16. The molecular formula is C27H26O6. The van der Waals surface area contributed by atoms with Crippen molar-refractivity contribution < 1.29 is 29.3 Å². The highest BCUT2D eigenvalue weighted by Gasteiger charge is 2.26. The minimum absolute atomic E-state index is 0.0315. The number of aromatic hydroxyl groups is 2. The largest absolute Gasteiger partial charge is 0.507 e. The van der Waals surface area contributed by atoms with Crippen LogP contribution in [0.3, 0.4) is 0 Å². The third kappa shape index (κ3) is 5.94. The predicted octanol–water partition coefficient (Wildman–Crippen LogP) is 4.67. The van der Waals surface area contributed by atoms with Gasteiger partial charge in [0.05, 0.1) is 43.1 Å². The summed E-state index contributed by atoms with van der Waals surface area (Å²) < 4.78 is 10.9. The van der Waals surface area contributed by atoms with Crippen LogP contribution in [-0.4, -0.2) is 41.6 Å². The summed E-state index contributed by atoms with van der Waals surface area (Å²) in [4.78, 5) is 26.2. The van der Waals surface area contributed by atoms with Gasteiger partial charge in [0.2, 0.25) is 0 Å². The zero-order valence-electron chi connectivity index (χ0n) is 18.4. The average Bonchev–Trinajstić information content (AvgIpc) is 2.83. The molecule has 0 heterocycles. The summed E-state index contributed by atoms with van der Waals surface area (Å²) in [5, 5.41) is 21.7. The van der Waals surface area contributed by atoms with Crippen LogP contribution in [0.4, 0.5) is 0 Å². The Morgan fingerprint density at radius 1 is 0.788 bits per heavy atom. The molecule has 6 heteroatoms. The number of rotatable bonds is 11. The number of hydrogen-bond acceptors (Lipinski definition) is 6. The predicted molar refractivity (Wildman–Crippen MR) is 125 cm³/mol. The molecule has 170 valence electrons. The van der Waals surface area contributed by atoms with Crippen molar-refractivity contribution >= 4 is 11.6 Å². The van der Waals surface area contributed by atoms with Crippen LogP contribution in [0.15, 0.2) is 78.9 Å². The lowest BCUT2D eigenvalue weighted by atomic mass is 9.93. The summed E-state index contributed by atoms with van der Waals surface area (Å²) in [6, 6.07) is 18.0. The van der Waals surface area contributed by atoms with Crippen LogP contribution in [0.5, 0.6) is 11.5 Å². The van der Waals surface area contributed by atoms with E-state index in [1.54, 1.807) is 60.7 Å². The van der Waals surface area contributed by atoms with Crippen molar-refractivity contribution in [3.8, 4) is 11.5 Å². The van der Waals surface area contributed by atoms with E-state index in [9.17, 15) is 19.8 Å². The molecule has 0 fully saturated rings. The Bertz CT molecular complexity index is 1060. The molecule has 3 aromatic carbocycles. The Kier molecular flexibility index (Phi) is 8.13. The van der Waals surface area contributed by atoms with Crippen molar-refractivity contribution in [1.29, 1.82) is 0 Å². The zero-order chi connectivity index (χ0) is 23.8. The smallest absolute Gasteiger partial charge is 0.196 e. The zero-order valence-corrected chi connectivity index (χ0v) is 18.4. The second kappa shape index (κ2) is 11.2. The Morgan fingerprint density at radius 2 is 1.24 bits per heavy atom. The standard InChI is InChI=1S/C27H26O6/c1-18(2)16-32-13-14-33-17-23-26(30)21(24(28)19-9-5-3-6-10-19)15-22(27(23)31)25(29)20-11-7-4-8-12-20/h3-12,15,30-31H,1,13-14,16-17H2,2H3. The molecule has 0 aromatic heterocycles. The fourth-order valence-corrected chi connectivity index (χ4v) is 3.23. The lowest BCUT2D eigenvalue weighted by Gasteiger charge is -2.16. The first-order valence-electron chi connectivity index (χ1n) is 10.5. The summed E-state index contributed by atoms with van der Waals surface area (Å²) >= 11 is 0. The molecule has 0 radical (unpaired) electrons. The van der Waals surface area contributed by atoms with Gasteiger partial charge in [-0.1, -0.05) is 72.8 Å². The van der Waals surface area contributed by atoms with Gasteiger partial charge in [-0.25, -0.2) is 0 Å². The van der Waals surface area contributed by atoms with Gasteiger partial charge in [0.1, 0.15) is 11.5 Å². The minimum atomic E-state index is -0.471. The van der Waals surface area contributed by atoms with E-state index in [-0.39, 0.29) is 36.5 Å². The van der Waals surface area contributed by atoms with Gasteiger partial charge < -0.3 is 19.7 Å². The fraction of sp³-hybridized carbons (Fsp3) is 0.185. The first kappa shape index (κ1) is 23.9. The molecule has 0 aliphatic rings. The number of phenols is 2. The lowest BCUT2D eigenvalue weighted by molar-refractivity contribution is 0.0470. The van der Waals surface area contributed by atoms with Crippen molar-refractivity contribution in [2.45, 2.75) is 13.5 Å². The summed E-state index contributed by atoms with van der Waals surface area (Å²) in [6.07, 6.45) is 0. The maximum atomic E-state index is 13.1. The number of hydrogen-bond donors (Lipinski definition) is 2. The van der Waals surface area contributed by atoms with Gasteiger partial charge in [-0.2, -0.15) is 0 Å². The molecule has 0 bridgehead atoms. The Balaban J connectivity index is 1.95. The molecule has 0 saturated heterocycles. The van der Waals surface area contributed by atoms with Gasteiger partial charge in [0, 0.05) is 11.1 Å². The molecule has 0 saturated carbocycles. The molecule has 0 unspecified atom stereocenters. The van der Waals surface area contributed by atoms with Crippen LogP contribution in [0.1, 0.15) is 44.3 Å². The second-order valence-corrected chi connectivity index (χ2v) is 7.60. The van der Waals surface area contributed by atoms with Crippen molar-refractivity contribution in [3.05, 3.63) is 107 Å². The highest BCUT2D eigenvalue weighted by Crippen LogP contribution is 2.37. The molecule has 0 aliphatic carbocycles. The molecule has 33 heavy (non-hydrogen) atoms. The first-order chi connectivity index (χ1) is 15.9.